The first-order valence-electron chi connectivity index (χ1n) is 7.12. The molecule has 1 heterocycles. The van der Waals surface area contributed by atoms with E-state index in [9.17, 15) is 9.59 Å². The largest absolute Gasteiger partial charge is 0.481 e. The lowest BCUT2D eigenvalue weighted by atomic mass is 9.85. The summed E-state index contributed by atoms with van der Waals surface area (Å²) >= 11 is 0. The molecule has 0 radical (unpaired) electrons. The number of carboxylic acids is 1. The predicted molar refractivity (Wildman–Crippen MR) is 80.6 cm³/mol. The minimum Gasteiger partial charge on any atom is -0.481 e. The number of nitrogens with zero attached hydrogens (tertiary/aromatic N) is 2. The molecule has 0 saturated carbocycles. The number of hydrogen-bond donors (Lipinski definition) is 1. The van der Waals surface area contributed by atoms with Gasteiger partial charge in [0.2, 0.25) is 5.91 Å². The van der Waals surface area contributed by atoms with Crippen LogP contribution in [0.1, 0.15) is 46.2 Å². The zero-order valence-electron chi connectivity index (χ0n) is 13.2. The predicted octanol–water partition coefficient (Wildman–Crippen LogP) is 2.71. The van der Waals surface area contributed by atoms with Gasteiger partial charge < -0.3 is 10.0 Å². The second-order valence-electron chi connectivity index (χ2n) is 6.35. The van der Waals surface area contributed by atoms with Gasteiger partial charge in [-0.15, -0.1) is 0 Å². The molecule has 0 fully saturated rings. The third-order valence-corrected chi connectivity index (χ3v) is 3.26. The molecule has 0 aliphatic heterocycles. The number of rotatable bonds is 7. The Morgan fingerprint density at radius 1 is 1.29 bits per heavy atom. The molecule has 0 atom stereocenters. The van der Waals surface area contributed by atoms with Crippen LogP contribution in [0.4, 0.5) is 0 Å². The fraction of sp³-hybridized carbons (Fsp3) is 0.562. The molecule has 0 unspecified atom stereocenters. The minimum atomic E-state index is -0.881. The van der Waals surface area contributed by atoms with Crippen LogP contribution in [-0.2, 0) is 16.1 Å². The summed E-state index contributed by atoms with van der Waals surface area (Å²) in [6.45, 7) is 7.95. The first kappa shape index (κ1) is 17.1. The Morgan fingerprint density at radius 3 is 2.43 bits per heavy atom. The van der Waals surface area contributed by atoms with Gasteiger partial charge in [-0.05, 0) is 31.4 Å². The maximum atomic E-state index is 12.5. The highest BCUT2D eigenvalue weighted by atomic mass is 16.4. The molecule has 1 aromatic rings. The summed E-state index contributed by atoms with van der Waals surface area (Å²) in [5.41, 5.74) is 0.274. The second-order valence-corrected chi connectivity index (χ2v) is 6.35. The number of hydrogen-bond acceptors (Lipinski definition) is 3. The molecule has 0 spiro atoms. The van der Waals surface area contributed by atoms with Crippen molar-refractivity contribution in [3.63, 3.8) is 0 Å². The summed E-state index contributed by atoms with van der Waals surface area (Å²) in [4.78, 5) is 29.3. The molecule has 1 rings (SSSR count). The average molecular weight is 292 g/mol. The van der Waals surface area contributed by atoms with E-state index in [0.29, 0.717) is 6.54 Å². The third kappa shape index (κ3) is 5.94. The van der Waals surface area contributed by atoms with Gasteiger partial charge in [-0.2, -0.15) is 0 Å². The van der Waals surface area contributed by atoms with Crippen LogP contribution < -0.4 is 0 Å². The van der Waals surface area contributed by atoms with Crippen molar-refractivity contribution in [3.8, 4) is 0 Å². The maximum absolute atomic E-state index is 12.5. The normalized spacial score (nSPS) is 11.5. The first-order chi connectivity index (χ1) is 9.71. The molecule has 0 aliphatic rings. The average Bonchev–Trinajstić information content (AvgIpc) is 2.34. The highest BCUT2D eigenvalue weighted by Crippen LogP contribution is 2.26. The van der Waals surface area contributed by atoms with E-state index in [2.05, 4.69) is 4.98 Å². The molecule has 1 N–H and O–H groups in total. The molecule has 0 aliphatic carbocycles. The fourth-order valence-corrected chi connectivity index (χ4v) is 2.21. The Balaban J connectivity index is 2.77. The van der Waals surface area contributed by atoms with Gasteiger partial charge in [-0.3, -0.25) is 14.6 Å². The number of pyridine rings is 1. The van der Waals surface area contributed by atoms with Crippen molar-refractivity contribution in [1.29, 1.82) is 0 Å². The summed E-state index contributed by atoms with van der Waals surface area (Å²) < 4.78 is 0. The zero-order valence-corrected chi connectivity index (χ0v) is 13.2. The van der Waals surface area contributed by atoms with Crippen molar-refractivity contribution in [3.05, 3.63) is 30.1 Å². The molecule has 116 valence electrons. The number of aromatic nitrogens is 1. The topological polar surface area (TPSA) is 70.5 Å². The van der Waals surface area contributed by atoms with Gasteiger partial charge in [0.1, 0.15) is 0 Å². The van der Waals surface area contributed by atoms with Gasteiger partial charge >= 0.3 is 5.97 Å². The van der Waals surface area contributed by atoms with E-state index in [-0.39, 0.29) is 24.8 Å². The first-order valence-corrected chi connectivity index (χ1v) is 7.12. The van der Waals surface area contributed by atoms with Crippen molar-refractivity contribution < 1.29 is 14.7 Å². The monoisotopic (exact) mass is 292 g/mol. The van der Waals surface area contributed by atoms with Crippen molar-refractivity contribution in [2.45, 2.75) is 53.1 Å². The molecule has 1 aromatic heterocycles. The van der Waals surface area contributed by atoms with Crippen LogP contribution in [0.15, 0.2) is 24.4 Å². The molecular formula is C16H24N2O3. The van der Waals surface area contributed by atoms with E-state index in [1.807, 2.05) is 32.0 Å². The van der Waals surface area contributed by atoms with Gasteiger partial charge in [-0.25, -0.2) is 0 Å². The van der Waals surface area contributed by atoms with Gasteiger partial charge in [-0.1, -0.05) is 19.9 Å². The van der Waals surface area contributed by atoms with E-state index in [1.54, 1.807) is 24.9 Å². The molecule has 5 nitrogen and oxygen atoms in total. The van der Waals surface area contributed by atoms with Crippen molar-refractivity contribution in [2.75, 3.05) is 0 Å². The standard InChI is InChI=1S/C16H24N2O3/c1-12(2)18(11-13-7-5-6-8-17-13)14(19)9-16(3,4)10-15(20)21/h5-8,12H,9-11H2,1-4H3,(H,20,21). The highest BCUT2D eigenvalue weighted by molar-refractivity contribution is 5.78. The Bertz CT molecular complexity index is 484. The van der Waals surface area contributed by atoms with Crippen molar-refractivity contribution in [2.24, 2.45) is 5.41 Å². The van der Waals surface area contributed by atoms with E-state index in [1.165, 1.54) is 0 Å². The molecule has 0 aromatic carbocycles. The van der Waals surface area contributed by atoms with E-state index < -0.39 is 11.4 Å². The second kappa shape index (κ2) is 7.20. The summed E-state index contributed by atoms with van der Waals surface area (Å²) in [7, 11) is 0. The lowest BCUT2D eigenvalue weighted by molar-refractivity contribution is -0.141. The van der Waals surface area contributed by atoms with E-state index >= 15 is 0 Å². The van der Waals surface area contributed by atoms with Crippen LogP contribution in [0, 0.1) is 5.41 Å². The third-order valence-electron chi connectivity index (χ3n) is 3.26. The zero-order chi connectivity index (χ0) is 16.0. The molecule has 0 saturated heterocycles. The van der Waals surface area contributed by atoms with Crippen molar-refractivity contribution >= 4 is 11.9 Å². The van der Waals surface area contributed by atoms with Crippen LogP contribution in [0.5, 0.6) is 0 Å². The number of amides is 1. The Kier molecular flexibility index (Phi) is 5.88. The van der Waals surface area contributed by atoms with Crippen LogP contribution in [-0.4, -0.2) is 32.9 Å². The van der Waals surface area contributed by atoms with Crippen LogP contribution in [0.25, 0.3) is 0 Å². The number of carbonyl (C=O) groups excluding carboxylic acids is 1. The van der Waals surface area contributed by atoms with E-state index in [0.717, 1.165) is 5.69 Å². The quantitative estimate of drug-likeness (QED) is 0.839. The van der Waals surface area contributed by atoms with E-state index in [4.69, 9.17) is 5.11 Å². The Morgan fingerprint density at radius 2 is 1.95 bits per heavy atom. The summed E-state index contributed by atoms with van der Waals surface area (Å²) in [5, 5.41) is 8.91. The molecule has 5 heteroatoms. The lowest BCUT2D eigenvalue weighted by Gasteiger charge is -2.30. The smallest absolute Gasteiger partial charge is 0.303 e. The van der Waals surface area contributed by atoms with Gasteiger partial charge in [0.15, 0.2) is 0 Å². The number of carboxylic acid groups (broad SMARTS) is 1. The molecular weight excluding hydrogens is 268 g/mol. The van der Waals surface area contributed by atoms with Crippen LogP contribution in [0.3, 0.4) is 0 Å². The Labute approximate surface area is 126 Å². The summed E-state index contributed by atoms with van der Waals surface area (Å²) in [5.74, 6) is -0.921. The fourth-order valence-electron chi connectivity index (χ4n) is 2.21. The van der Waals surface area contributed by atoms with Gasteiger partial charge in [0.25, 0.3) is 0 Å². The molecule has 0 bridgehead atoms. The molecule has 1 amide bonds. The van der Waals surface area contributed by atoms with Crippen LogP contribution in [0.2, 0.25) is 0 Å². The minimum absolute atomic E-state index is 0.0196. The van der Waals surface area contributed by atoms with Gasteiger partial charge in [0.05, 0.1) is 18.7 Å². The molecule has 21 heavy (non-hydrogen) atoms. The summed E-state index contributed by atoms with van der Waals surface area (Å²) in [6.07, 6.45) is 1.89. The van der Waals surface area contributed by atoms with Crippen LogP contribution >= 0.6 is 0 Å². The van der Waals surface area contributed by atoms with Crippen molar-refractivity contribution in [1.82, 2.24) is 9.88 Å². The maximum Gasteiger partial charge on any atom is 0.303 e. The number of aliphatic carboxylic acids is 1. The SMILES string of the molecule is CC(C)N(Cc1ccccn1)C(=O)CC(C)(C)CC(=O)O. The highest BCUT2D eigenvalue weighted by Gasteiger charge is 2.28. The summed E-state index contributed by atoms with van der Waals surface area (Å²) in [6, 6.07) is 5.64. The number of carbonyl (C=O) groups is 2. The lowest BCUT2D eigenvalue weighted by Crippen LogP contribution is -2.39. The Hall–Kier alpha value is -1.91. The van der Waals surface area contributed by atoms with Gasteiger partial charge in [0, 0.05) is 18.7 Å².